The average molecular weight is 256 g/mol. The molecule has 1 rings (SSSR count). The van der Waals surface area contributed by atoms with Crippen molar-refractivity contribution in [2.45, 2.75) is 39.7 Å². The molecule has 3 unspecified atom stereocenters. The number of aliphatic carboxylic acids is 1. The van der Waals surface area contributed by atoms with Gasteiger partial charge in [-0.1, -0.05) is 20.8 Å². The van der Waals surface area contributed by atoms with Crippen molar-refractivity contribution in [3.05, 3.63) is 0 Å². The summed E-state index contributed by atoms with van der Waals surface area (Å²) in [6.07, 6.45) is 1.36. The molecule has 0 aromatic heterocycles. The van der Waals surface area contributed by atoms with E-state index in [0.29, 0.717) is 13.0 Å². The molecule has 0 spiro atoms. The topological polar surface area (TPSA) is 78.4 Å². The molecule has 104 valence electrons. The lowest BCUT2D eigenvalue weighted by molar-refractivity contribution is -0.150. The maximum atomic E-state index is 11.6. The number of carbonyl (C=O) groups excluding carboxylic acids is 1. The molecule has 0 heterocycles. The van der Waals surface area contributed by atoms with Crippen LogP contribution in [-0.2, 0) is 9.59 Å². The van der Waals surface area contributed by atoms with Crippen molar-refractivity contribution in [1.29, 1.82) is 0 Å². The SMILES string of the molecule is CNCC(=O)NC1CCC(C(=O)O)C(C)(C)C1C. The second kappa shape index (κ2) is 5.69. The Kier molecular flexibility index (Phi) is 4.73. The Bertz CT molecular complexity index is 328. The van der Waals surface area contributed by atoms with Crippen molar-refractivity contribution in [1.82, 2.24) is 10.6 Å². The van der Waals surface area contributed by atoms with Gasteiger partial charge in [-0.3, -0.25) is 9.59 Å². The summed E-state index contributed by atoms with van der Waals surface area (Å²) in [5, 5.41) is 15.1. The molecule has 1 aliphatic rings. The molecule has 0 aliphatic heterocycles. The van der Waals surface area contributed by atoms with E-state index in [1.54, 1.807) is 7.05 Å². The first-order chi connectivity index (χ1) is 8.30. The second-order valence-electron chi connectivity index (χ2n) is 5.78. The number of likely N-dealkylation sites (N-methyl/N-ethyl adjacent to an activating group) is 1. The van der Waals surface area contributed by atoms with Gasteiger partial charge in [-0.15, -0.1) is 0 Å². The van der Waals surface area contributed by atoms with Gasteiger partial charge >= 0.3 is 5.97 Å². The van der Waals surface area contributed by atoms with Gasteiger partial charge in [0.2, 0.25) is 5.91 Å². The van der Waals surface area contributed by atoms with Gasteiger partial charge in [-0.05, 0) is 31.2 Å². The van der Waals surface area contributed by atoms with E-state index in [2.05, 4.69) is 10.6 Å². The van der Waals surface area contributed by atoms with Crippen LogP contribution in [0.2, 0.25) is 0 Å². The van der Waals surface area contributed by atoms with Gasteiger partial charge in [0, 0.05) is 6.04 Å². The van der Waals surface area contributed by atoms with Crippen LogP contribution in [0.25, 0.3) is 0 Å². The van der Waals surface area contributed by atoms with Crippen LogP contribution in [0, 0.1) is 17.3 Å². The Morgan fingerprint density at radius 2 is 1.94 bits per heavy atom. The van der Waals surface area contributed by atoms with Gasteiger partial charge in [0.1, 0.15) is 0 Å². The van der Waals surface area contributed by atoms with Crippen LogP contribution >= 0.6 is 0 Å². The second-order valence-corrected chi connectivity index (χ2v) is 5.78. The molecule has 1 aliphatic carbocycles. The van der Waals surface area contributed by atoms with Crippen LogP contribution < -0.4 is 10.6 Å². The van der Waals surface area contributed by atoms with Crippen molar-refractivity contribution in [2.75, 3.05) is 13.6 Å². The normalized spacial score (nSPS) is 30.8. The quantitative estimate of drug-likeness (QED) is 0.696. The average Bonchev–Trinajstić information content (AvgIpc) is 2.24. The number of carboxylic acids is 1. The number of nitrogens with one attached hydrogen (secondary N) is 2. The van der Waals surface area contributed by atoms with Crippen molar-refractivity contribution in [3.8, 4) is 0 Å². The van der Waals surface area contributed by atoms with Crippen LogP contribution in [0.1, 0.15) is 33.6 Å². The highest BCUT2D eigenvalue weighted by Crippen LogP contribution is 2.44. The fraction of sp³-hybridized carbons (Fsp3) is 0.846. The summed E-state index contributed by atoms with van der Waals surface area (Å²) in [5.74, 6) is -0.941. The number of amides is 1. The summed E-state index contributed by atoms with van der Waals surface area (Å²) in [5.41, 5.74) is -0.304. The predicted octanol–water partition coefficient (Wildman–Crippen LogP) is 0.847. The number of hydrogen-bond acceptors (Lipinski definition) is 3. The Morgan fingerprint density at radius 3 is 2.44 bits per heavy atom. The van der Waals surface area contributed by atoms with Crippen molar-refractivity contribution in [2.24, 2.45) is 17.3 Å². The van der Waals surface area contributed by atoms with Gasteiger partial charge in [0.05, 0.1) is 12.5 Å². The molecule has 1 fully saturated rings. The molecule has 0 aromatic carbocycles. The summed E-state index contributed by atoms with van der Waals surface area (Å²) in [6, 6.07) is 0.0662. The monoisotopic (exact) mass is 256 g/mol. The van der Waals surface area contributed by atoms with Gasteiger partial charge < -0.3 is 15.7 Å². The third-order valence-electron chi connectivity index (χ3n) is 4.42. The molecule has 0 radical (unpaired) electrons. The lowest BCUT2D eigenvalue weighted by Gasteiger charge is -2.46. The van der Waals surface area contributed by atoms with E-state index in [1.807, 2.05) is 20.8 Å². The van der Waals surface area contributed by atoms with E-state index in [9.17, 15) is 14.7 Å². The fourth-order valence-electron chi connectivity index (χ4n) is 2.86. The number of carboxylic acid groups (broad SMARTS) is 1. The molecule has 3 N–H and O–H groups in total. The Hall–Kier alpha value is -1.10. The Morgan fingerprint density at radius 1 is 1.33 bits per heavy atom. The van der Waals surface area contributed by atoms with Crippen molar-refractivity contribution >= 4 is 11.9 Å². The molecule has 3 atom stereocenters. The highest BCUT2D eigenvalue weighted by atomic mass is 16.4. The molecule has 0 aromatic rings. The predicted molar refractivity (Wildman–Crippen MR) is 69.2 cm³/mol. The van der Waals surface area contributed by atoms with Crippen LogP contribution in [0.5, 0.6) is 0 Å². The van der Waals surface area contributed by atoms with Gasteiger partial charge in [-0.2, -0.15) is 0 Å². The van der Waals surface area contributed by atoms with Gasteiger partial charge in [0.15, 0.2) is 0 Å². The molecule has 5 nitrogen and oxygen atoms in total. The number of rotatable bonds is 4. The molecular weight excluding hydrogens is 232 g/mol. The third kappa shape index (κ3) is 3.02. The summed E-state index contributed by atoms with van der Waals surface area (Å²) in [4.78, 5) is 22.8. The fourth-order valence-corrected chi connectivity index (χ4v) is 2.86. The first-order valence-electron chi connectivity index (χ1n) is 6.47. The zero-order valence-electron chi connectivity index (χ0n) is 11.6. The minimum atomic E-state index is -0.730. The first kappa shape index (κ1) is 15.0. The molecule has 1 saturated carbocycles. The van der Waals surface area contributed by atoms with Gasteiger partial charge in [0.25, 0.3) is 0 Å². The summed E-state index contributed by atoms with van der Waals surface area (Å²) in [6.45, 7) is 6.28. The highest BCUT2D eigenvalue weighted by Gasteiger charge is 2.46. The maximum absolute atomic E-state index is 11.6. The summed E-state index contributed by atoms with van der Waals surface area (Å²) in [7, 11) is 1.73. The van der Waals surface area contributed by atoms with Crippen LogP contribution in [0.15, 0.2) is 0 Å². The summed E-state index contributed by atoms with van der Waals surface area (Å²) < 4.78 is 0. The van der Waals surface area contributed by atoms with E-state index in [0.717, 1.165) is 6.42 Å². The van der Waals surface area contributed by atoms with E-state index < -0.39 is 5.97 Å². The van der Waals surface area contributed by atoms with Crippen molar-refractivity contribution in [3.63, 3.8) is 0 Å². The standard InChI is InChI=1S/C13H24N2O3/c1-8-10(15-11(16)7-14-4)6-5-9(12(17)18)13(8,2)3/h8-10,14H,5-7H2,1-4H3,(H,15,16)(H,17,18). The number of carbonyl (C=O) groups is 2. The van der Waals surface area contributed by atoms with E-state index >= 15 is 0 Å². The van der Waals surface area contributed by atoms with Crippen molar-refractivity contribution < 1.29 is 14.7 Å². The number of hydrogen-bond donors (Lipinski definition) is 3. The van der Waals surface area contributed by atoms with Crippen LogP contribution in [0.3, 0.4) is 0 Å². The molecular formula is C13H24N2O3. The van der Waals surface area contributed by atoms with Crippen LogP contribution in [0.4, 0.5) is 0 Å². The highest BCUT2D eigenvalue weighted by molar-refractivity contribution is 5.78. The van der Waals surface area contributed by atoms with E-state index in [-0.39, 0.29) is 29.2 Å². The lowest BCUT2D eigenvalue weighted by Crippen LogP contribution is -2.53. The lowest BCUT2D eigenvalue weighted by atomic mass is 9.61. The zero-order chi connectivity index (χ0) is 13.9. The third-order valence-corrected chi connectivity index (χ3v) is 4.42. The maximum Gasteiger partial charge on any atom is 0.307 e. The smallest absolute Gasteiger partial charge is 0.307 e. The van der Waals surface area contributed by atoms with E-state index in [4.69, 9.17) is 0 Å². The largest absolute Gasteiger partial charge is 0.481 e. The molecule has 0 saturated heterocycles. The molecule has 0 bridgehead atoms. The van der Waals surface area contributed by atoms with E-state index in [1.165, 1.54) is 0 Å². The minimum Gasteiger partial charge on any atom is -0.481 e. The minimum absolute atomic E-state index is 0.0288. The molecule has 18 heavy (non-hydrogen) atoms. The molecule has 5 heteroatoms. The zero-order valence-corrected chi connectivity index (χ0v) is 11.6. The van der Waals surface area contributed by atoms with Gasteiger partial charge in [-0.25, -0.2) is 0 Å². The van der Waals surface area contributed by atoms with Crippen LogP contribution in [-0.4, -0.2) is 36.6 Å². The first-order valence-corrected chi connectivity index (χ1v) is 6.47. The Balaban J connectivity index is 2.72. The Labute approximate surface area is 108 Å². The molecule has 1 amide bonds. The summed E-state index contributed by atoms with van der Waals surface area (Å²) >= 11 is 0.